The van der Waals surface area contributed by atoms with Gasteiger partial charge in [-0.15, -0.1) is 0 Å². The van der Waals surface area contributed by atoms with E-state index in [1.54, 1.807) is 24.3 Å². The molecule has 37 heavy (non-hydrogen) atoms. The maximum atomic E-state index is 12.8. The Labute approximate surface area is 226 Å². The van der Waals surface area contributed by atoms with E-state index in [0.29, 0.717) is 23.6 Å². The summed E-state index contributed by atoms with van der Waals surface area (Å²) in [7, 11) is -7.38. The molecule has 1 aliphatic rings. The lowest BCUT2D eigenvalue weighted by Crippen LogP contribution is -2.41. The number of hydrogen-bond acceptors (Lipinski definition) is 5. The van der Waals surface area contributed by atoms with Gasteiger partial charge in [0.25, 0.3) is 10.0 Å². The van der Waals surface area contributed by atoms with Crippen molar-refractivity contribution in [1.82, 2.24) is 4.31 Å². The highest BCUT2D eigenvalue weighted by molar-refractivity contribution is 7.92. The van der Waals surface area contributed by atoms with E-state index in [1.165, 1.54) is 46.8 Å². The van der Waals surface area contributed by atoms with Crippen LogP contribution in [0.25, 0.3) is 0 Å². The molecule has 0 saturated carbocycles. The number of sulfonamides is 2. The Hall–Kier alpha value is -2.63. The van der Waals surface area contributed by atoms with Crippen molar-refractivity contribution >= 4 is 60.5 Å². The van der Waals surface area contributed by atoms with Crippen molar-refractivity contribution < 1.29 is 21.6 Å². The van der Waals surface area contributed by atoms with Gasteiger partial charge in [0.1, 0.15) is 0 Å². The van der Waals surface area contributed by atoms with Crippen LogP contribution in [0.2, 0.25) is 10.0 Å². The van der Waals surface area contributed by atoms with Gasteiger partial charge < -0.3 is 5.32 Å². The number of benzene rings is 3. The number of piperidine rings is 1. The van der Waals surface area contributed by atoms with Gasteiger partial charge in [0.15, 0.2) is 0 Å². The van der Waals surface area contributed by atoms with E-state index in [4.69, 9.17) is 23.2 Å². The second kappa shape index (κ2) is 11.4. The van der Waals surface area contributed by atoms with Crippen LogP contribution >= 0.6 is 23.2 Å². The predicted octanol–water partition coefficient (Wildman–Crippen LogP) is 4.97. The fraction of sp³-hybridized carbons (Fsp3) is 0.240. The summed E-state index contributed by atoms with van der Waals surface area (Å²) < 4.78 is 54.7. The monoisotopic (exact) mass is 581 g/mol. The molecular formula is C25H25Cl2N3O5S2. The smallest absolute Gasteiger partial charge is 0.261 e. The molecule has 1 heterocycles. The molecule has 0 radical (unpaired) electrons. The first-order valence-corrected chi connectivity index (χ1v) is 15.3. The lowest BCUT2D eigenvalue weighted by molar-refractivity contribution is -0.120. The highest BCUT2D eigenvalue weighted by Gasteiger charge is 2.31. The van der Waals surface area contributed by atoms with E-state index in [9.17, 15) is 21.6 Å². The van der Waals surface area contributed by atoms with Crippen molar-refractivity contribution in [3.05, 3.63) is 88.4 Å². The average molecular weight is 583 g/mol. The normalized spacial score (nSPS) is 15.3. The summed E-state index contributed by atoms with van der Waals surface area (Å²) in [5.74, 6) is -0.652. The summed E-state index contributed by atoms with van der Waals surface area (Å²) in [5.41, 5.74) is 1.35. The summed E-state index contributed by atoms with van der Waals surface area (Å²) in [6.07, 6.45) is 0.802. The summed E-state index contributed by atoms with van der Waals surface area (Å²) >= 11 is 11.9. The molecule has 1 fully saturated rings. The lowest BCUT2D eigenvalue weighted by Gasteiger charge is -2.30. The molecule has 1 amide bonds. The molecule has 8 nitrogen and oxygen atoms in total. The van der Waals surface area contributed by atoms with E-state index < -0.39 is 20.0 Å². The number of carbonyl (C=O) groups is 1. The van der Waals surface area contributed by atoms with Gasteiger partial charge in [-0.25, -0.2) is 21.1 Å². The zero-order valence-corrected chi connectivity index (χ0v) is 22.7. The minimum absolute atomic E-state index is 0.00607. The topological polar surface area (TPSA) is 113 Å². The first-order valence-electron chi connectivity index (χ1n) is 11.4. The molecule has 4 rings (SSSR count). The van der Waals surface area contributed by atoms with E-state index in [0.717, 1.165) is 5.56 Å². The molecule has 1 aliphatic heterocycles. The van der Waals surface area contributed by atoms with Gasteiger partial charge in [0.2, 0.25) is 15.9 Å². The van der Waals surface area contributed by atoms with Crippen molar-refractivity contribution in [2.45, 2.75) is 23.5 Å². The SMILES string of the molecule is O=C(Nc1ccc(S(=O)(=O)Nc2ccc(Cl)cc2Cl)cc1)C1CCN(S(=O)(=O)Cc2ccccc2)CC1. The molecule has 0 atom stereocenters. The first kappa shape index (κ1) is 27.4. The van der Waals surface area contributed by atoms with Gasteiger partial charge in [-0.2, -0.15) is 0 Å². The van der Waals surface area contributed by atoms with E-state index in [1.807, 2.05) is 6.07 Å². The van der Waals surface area contributed by atoms with Crippen molar-refractivity contribution in [2.24, 2.45) is 5.92 Å². The van der Waals surface area contributed by atoms with Crippen LogP contribution in [0.4, 0.5) is 11.4 Å². The Bertz CT molecular complexity index is 1470. The minimum atomic E-state index is -3.91. The number of nitrogens with one attached hydrogen (secondary N) is 2. The van der Waals surface area contributed by atoms with E-state index in [2.05, 4.69) is 10.0 Å². The van der Waals surface area contributed by atoms with Gasteiger partial charge in [-0.1, -0.05) is 53.5 Å². The maximum absolute atomic E-state index is 12.8. The molecule has 0 aromatic heterocycles. The first-order chi connectivity index (χ1) is 17.5. The molecule has 0 unspecified atom stereocenters. The fourth-order valence-electron chi connectivity index (χ4n) is 4.01. The average Bonchev–Trinajstić information content (AvgIpc) is 2.86. The molecule has 0 aliphatic carbocycles. The largest absolute Gasteiger partial charge is 0.326 e. The highest BCUT2D eigenvalue weighted by atomic mass is 35.5. The molecule has 2 N–H and O–H groups in total. The van der Waals surface area contributed by atoms with Crippen molar-refractivity contribution in [3.63, 3.8) is 0 Å². The second-order valence-corrected chi connectivity index (χ2v) is 13.2. The van der Waals surface area contributed by atoms with Crippen molar-refractivity contribution in [3.8, 4) is 0 Å². The zero-order valence-electron chi connectivity index (χ0n) is 19.6. The summed E-state index contributed by atoms with van der Waals surface area (Å²) in [6.45, 7) is 0.534. The third-order valence-electron chi connectivity index (χ3n) is 6.02. The minimum Gasteiger partial charge on any atom is -0.326 e. The van der Waals surface area contributed by atoms with Crippen LogP contribution in [0, 0.1) is 5.92 Å². The Morgan fingerprint density at radius 2 is 1.54 bits per heavy atom. The number of rotatable bonds is 8. The Kier molecular flexibility index (Phi) is 8.45. The Balaban J connectivity index is 1.32. The molecule has 3 aromatic carbocycles. The number of nitrogens with zero attached hydrogens (tertiary/aromatic N) is 1. The van der Waals surface area contributed by atoms with Crippen LogP contribution in [-0.4, -0.2) is 40.1 Å². The third-order valence-corrected chi connectivity index (χ3v) is 9.80. The maximum Gasteiger partial charge on any atom is 0.261 e. The molecule has 0 bridgehead atoms. The van der Waals surface area contributed by atoms with Gasteiger partial charge >= 0.3 is 0 Å². The van der Waals surface area contributed by atoms with Crippen LogP contribution < -0.4 is 10.0 Å². The number of halogens is 2. The summed E-state index contributed by atoms with van der Waals surface area (Å²) in [5, 5.41) is 3.34. The Morgan fingerprint density at radius 3 is 2.16 bits per heavy atom. The number of carbonyl (C=O) groups excluding carboxylic acids is 1. The predicted molar refractivity (Wildman–Crippen MR) is 146 cm³/mol. The number of anilines is 2. The zero-order chi connectivity index (χ0) is 26.6. The summed E-state index contributed by atoms with van der Waals surface area (Å²) in [4.78, 5) is 12.8. The van der Waals surface area contributed by atoms with Crippen LogP contribution in [-0.2, 0) is 30.6 Å². The molecule has 196 valence electrons. The van der Waals surface area contributed by atoms with Gasteiger partial charge in [-0.05, 0) is 60.9 Å². The number of hydrogen-bond donors (Lipinski definition) is 2. The molecular weight excluding hydrogens is 557 g/mol. The summed E-state index contributed by atoms with van der Waals surface area (Å²) in [6, 6.07) is 19.1. The van der Waals surface area contributed by atoms with Crippen LogP contribution in [0.15, 0.2) is 77.7 Å². The second-order valence-electron chi connectivity index (χ2n) is 8.66. The van der Waals surface area contributed by atoms with Crippen LogP contribution in [0.5, 0.6) is 0 Å². The van der Waals surface area contributed by atoms with Gasteiger partial charge in [-0.3, -0.25) is 9.52 Å². The fourth-order valence-corrected chi connectivity index (χ4v) is 7.16. The molecule has 12 heteroatoms. The standard InChI is InChI=1S/C25H25Cl2N3O5S2/c26-20-6-11-24(23(27)16-20)29-37(34,35)22-9-7-21(8-10-22)28-25(31)19-12-14-30(15-13-19)36(32,33)17-18-4-2-1-3-5-18/h1-11,16,19,29H,12-15,17H2,(H,28,31). The van der Waals surface area contributed by atoms with Crippen LogP contribution in [0.3, 0.4) is 0 Å². The number of amides is 1. The van der Waals surface area contributed by atoms with Crippen LogP contribution in [0.1, 0.15) is 18.4 Å². The third kappa shape index (κ3) is 7.03. The lowest BCUT2D eigenvalue weighted by atomic mass is 9.97. The van der Waals surface area contributed by atoms with Gasteiger partial charge in [0, 0.05) is 29.7 Å². The molecule has 0 spiro atoms. The van der Waals surface area contributed by atoms with Crippen molar-refractivity contribution in [1.29, 1.82) is 0 Å². The van der Waals surface area contributed by atoms with Crippen molar-refractivity contribution in [2.75, 3.05) is 23.1 Å². The van der Waals surface area contributed by atoms with E-state index in [-0.39, 0.29) is 46.3 Å². The van der Waals surface area contributed by atoms with Gasteiger partial charge in [0.05, 0.1) is 21.4 Å². The highest BCUT2D eigenvalue weighted by Crippen LogP contribution is 2.28. The molecule has 3 aromatic rings. The van der Waals surface area contributed by atoms with E-state index >= 15 is 0 Å². The Morgan fingerprint density at radius 1 is 0.892 bits per heavy atom. The molecule has 1 saturated heterocycles. The quantitative estimate of drug-likeness (QED) is 0.389.